The highest BCUT2D eigenvalue weighted by Gasteiger charge is 2.22. The van der Waals surface area contributed by atoms with E-state index in [1.807, 2.05) is 15.9 Å². The molecule has 150 valence electrons. The second kappa shape index (κ2) is 10.9. The summed E-state index contributed by atoms with van der Waals surface area (Å²) < 4.78 is 0. The summed E-state index contributed by atoms with van der Waals surface area (Å²) in [5.74, 6) is 0.272. The van der Waals surface area contributed by atoms with Crippen LogP contribution < -0.4 is 5.32 Å². The van der Waals surface area contributed by atoms with Gasteiger partial charge in [-0.3, -0.25) is 9.59 Å². The van der Waals surface area contributed by atoms with Gasteiger partial charge in [-0.15, -0.1) is 12.4 Å². The Balaban J connectivity index is 0.00000261. The third-order valence-corrected chi connectivity index (χ3v) is 5.29. The van der Waals surface area contributed by atoms with E-state index >= 15 is 0 Å². The summed E-state index contributed by atoms with van der Waals surface area (Å²) >= 11 is 6.00. The maximum atomic E-state index is 12.7. The molecule has 0 spiro atoms. The number of piperazine rings is 1. The van der Waals surface area contributed by atoms with Crippen molar-refractivity contribution in [3.05, 3.63) is 34.9 Å². The van der Waals surface area contributed by atoms with Crippen molar-refractivity contribution >= 4 is 35.8 Å². The molecule has 0 saturated carbocycles. The zero-order chi connectivity index (χ0) is 18.4. The molecule has 0 atom stereocenters. The van der Waals surface area contributed by atoms with E-state index in [1.54, 1.807) is 18.2 Å². The lowest BCUT2D eigenvalue weighted by Crippen LogP contribution is -2.47. The van der Waals surface area contributed by atoms with E-state index in [0.717, 1.165) is 58.8 Å². The van der Waals surface area contributed by atoms with Crippen molar-refractivity contribution in [2.45, 2.75) is 12.8 Å². The molecule has 2 heterocycles. The lowest BCUT2D eigenvalue weighted by molar-refractivity contribution is -0.132. The van der Waals surface area contributed by atoms with Crippen LogP contribution in [0.1, 0.15) is 23.2 Å². The first-order valence-corrected chi connectivity index (χ1v) is 9.77. The van der Waals surface area contributed by atoms with Crippen LogP contribution in [0.3, 0.4) is 0 Å². The highest BCUT2D eigenvalue weighted by atomic mass is 35.5. The zero-order valence-corrected chi connectivity index (χ0v) is 17.1. The Morgan fingerprint density at radius 2 is 1.78 bits per heavy atom. The standard InChI is InChI=1S/C19H27ClN4O2.ClH/c20-17-4-1-3-16(15-17)19(26)24-9-2-8-22(13-14-24)10-5-18(25)23-11-6-21-7-12-23;/h1,3-4,15,21H,2,5-14H2;1H. The average molecular weight is 415 g/mol. The van der Waals surface area contributed by atoms with Gasteiger partial charge in [0.05, 0.1) is 0 Å². The molecule has 0 radical (unpaired) electrons. The SMILES string of the molecule is Cl.O=C(CCN1CCCN(C(=O)c2cccc(Cl)c2)CC1)N1CCNCC1. The van der Waals surface area contributed by atoms with Crippen molar-refractivity contribution in [1.82, 2.24) is 20.0 Å². The van der Waals surface area contributed by atoms with E-state index in [2.05, 4.69) is 10.2 Å². The molecule has 0 aromatic heterocycles. The van der Waals surface area contributed by atoms with Gasteiger partial charge in [-0.05, 0) is 31.2 Å². The zero-order valence-electron chi connectivity index (χ0n) is 15.5. The van der Waals surface area contributed by atoms with Gasteiger partial charge in [0.2, 0.25) is 5.91 Å². The molecule has 2 saturated heterocycles. The lowest BCUT2D eigenvalue weighted by atomic mass is 10.2. The number of nitrogens with zero attached hydrogens (tertiary/aromatic N) is 3. The molecule has 27 heavy (non-hydrogen) atoms. The third-order valence-electron chi connectivity index (χ3n) is 5.06. The van der Waals surface area contributed by atoms with Crippen LogP contribution in [0.15, 0.2) is 24.3 Å². The molecule has 0 bridgehead atoms. The Labute approximate surface area is 172 Å². The Bertz CT molecular complexity index is 638. The molecule has 2 amide bonds. The van der Waals surface area contributed by atoms with E-state index in [0.29, 0.717) is 23.6 Å². The summed E-state index contributed by atoms with van der Waals surface area (Å²) in [6.07, 6.45) is 1.48. The number of carbonyl (C=O) groups is 2. The first-order valence-electron chi connectivity index (χ1n) is 9.39. The fraction of sp³-hybridized carbons (Fsp3) is 0.579. The Hall–Kier alpha value is -1.34. The maximum absolute atomic E-state index is 12.7. The van der Waals surface area contributed by atoms with Crippen LogP contribution in [-0.2, 0) is 4.79 Å². The fourth-order valence-corrected chi connectivity index (χ4v) is 3.72. The normalized spacial score (nSPS) is 18.6. The molecular weight excluding hydrogens is 387 g/mol. The van der Waals surface area contributed by atoms with Crippen molar-refractivity contribution in [3.8, 4) is 0 Å². The smallest absolute Gasteiger partial charge is 0.253 e. The Morgan fingerprint density at radius 1 is 1.00 bits per heavy atom. The molecule has 0 unspecified atom stereocenters. The average Bonchev–Trinajstić information content (AvgIpc) is 2.92. The molecular formula is C19H28Cl2N4O2. The maximum Gasteiger partial charge on any atom is 0.253 e. The fourth-order valence-electron chi connectivity index (χ4n) is 3.53. The van der Waals surface area contributed by atoms with Gasteiger partial charge in [0, 0.05) is 69.4 Å². The van der Waals surface area contributed by atoms with E-state index in [-0.39, 0.29) is 24.2 Å². The third kappa shape index (κ3) is 6.35. The number of hydrogen-bond donors (Lipinski definition) is 1. The molecule has 6 nitrogen and oxygen atoms in total. The van der Waals surface area contributed by atoms with Crippen LogP contribution in [0.25, 0.3) is 0 Å². The summed E-state index contributed by atoms with van der Waals surface area (Å²) in [7, 11) is 0. The number of amides is 2. The predicted octanol–water partition coefficient (Wildman–Crippen LogP) is 1.73. The molecule has 1 aromatic carbocycles. The summed E-state index contributed by atoms with van der Waals surface area (Å²) in [6, 6.07) is 7.11. The van der Waals surface area contributed by atoms with Crippen LogP contribution in [-0.4, -0.2) is 85.4 Å². The lowest BCUT2D eigenvalue weighted by Gasteiger charge is -2.28. The Kier molecular flexibility index (Phi) is 8.83. The minimum atomic E-state index is 0. The molecule has 1 N–H and O–H groups in total. The first kappa shape index (κ1) is 22.0. The van der Waals surface area contributed by atoms with Crippen LogP contribution in [0.5, 0.6) is 0 Å². The van der Waals surface area contributed by atoms with Gasteiger partial charge in [-0.2, -0.15) is 0 Å². The molecule has 2 fully saturated rings. The predicted molar refractivity (Wildman–Crippen MR) is 110 cm³/mol. The number of halogens is 2. The van der Waals surface area contributed by atoms with E-state index < -0.39 is 0 Å². The number of nitrogens with one attached hydrogen (secondary N) is 1. The van der Waals surface area contributed by atoms with Gasteiger partial charge in [-0.1, -0.05) is 17.7 Å². The Morgan fingerprint density at radius 3 is 2.52 bits per heavy atom. The summed E-state index contributed by atoms with van der Waals surface area (Å²) in [4.78, 5) is 31.1. The summed E-state index contributed by atoms with van der Waals surface area (Å²) in [6.45, 7) is 7.31. The highest BCUT2D eigenvalue weighted by Crippen LogP contribution is 2.14. The van der Waals surface area contributed by atoms with Crippen molar-refractivity contribution < 1.29 is 9.59 Å². The molecule has 0 aliphatic carbocycles. The number of carbonyl (C=O) groups excluding carboxylic acids is 2. The monoisotopic (exact) mass is 414 g/mol. The number of hydrogen-bond acceptors (Lipinski definition) is 4. The van der Waals surface area contributed by atoms with Crippen molar-refractivity contribution in [2.24, 2.45) is 0 Å². The van der Waals surface area contributed by atoms with E-state index in [4.69, 9.17) is 11.6 Å². The second-order valence-corrected chi connectivity index (χ2v) is 7.31. The number of rotatable bonds is 4. The minimum Gasteiger partial charge on any atom is -0.340 e. The summed E-state index contributed by atoms with van der Waals surface area (Å²) in [5, 5.41) is 3.85. The molecule has 8 heteroatoms. The second-order valence-electron chi connectivity index (χ2n) is 6.88. The van der Waals surface area contributed by atoms with Crippen molar-refractivity contribution in [3.63, 3.8) is 0 Å². The van der Waals surface area contributed by atoms with E-state index in [1.165, 1.54) is 0 Å². The number of benzene rings is 1. The van der Waals surface area contributed by atoms with Gasteiger partial charge in [0.25, 0.3) is 5.91 Å². The van der Waals surface area contributed by atoms with Gasteiger partial charge in [0.15, 0.2) is 0 Å². The first-order chi connectivity index (χ1) is 12.6. The van der Waals surface area contributed by atoms with Crippen molar-refractivity contribution in [2.75, 3.05) is 58.9 Å². The molecule has 2 aliphatic heterocycles. The highest BCUT2D eigenvalue weighted by molar-refractivity contribution is 6.30. The van der Waals surface area contributed by atoms with Gasteiger partial charge in [-0.25, -0.2) is 0 Å². The van der Waals surface area contributed by atoms with Gasteiger partial charge < -0.3 is 20.0 Å². The van der Waals surface area contributed by atoms with Crippen LogP contribution in [0.4, 0.5) is 0 Å². The van der Waals surface area contributed by atoms with Crippen molar-refractivity contribution in [1.29, 1.82) is 0 Å². The molecule has 2 aliphatic rings. The minimum absolute atomic E-state index is 0. The van der Waals surface area contributed by atoms with E-state index in [9.17, 15) is 9.59 Å². The largest absolute Gasteiger partial charge is 0.340 e. The van der Waals surface area contributed by atoms with Gasteiger partial charge in [0.1, 0.15) is 0 Å². The van der Waals surface area contributed by atoms with Gasteiger partial charge >= 0.3 is 0 Å². The van der Waals surface area contributed by atoms with Crippen LogP contribution >= 0.6 is 24.0 Å². The van der Waals surface area contributed by atoms with Crippen LogP contribution in [0.2, 0.25) is 5.02 Å². The quantitative estimate of drug-likeness (QED) is 0.814. The summed E-state index contributed by atoms with van der Waals surface area (Å²) in [5.41, 5.74) is 0.639. The molecule has 1 aromatic rings. The molecule has 3 rings (SSSR count). The van der Waals surface area contributed by atoms with Crippen LogP contribution in [0, 0.1) is 0 Å². The topological polar surface area (TPSA) is 55.9 Å².